The van der Waals surface area contributed by atoms with E-state index in [1.807, 2.05) is 32.9 Å². The summed E-state index contributed by atoms with van der Waals surface area (Å²) in [7, 11) is 0. The van der Waals surface area contributed by atoms with Crippen molar-refractivity contribution in [3.05, 3.63) is 36.0 Å². The van der Waals surface area contributed by atoms with E-state index in [4.69, 9.17) is 9.47 Å². The molecule has 1 saturated heterocycles. The number of fused-ring (bicyclic) bond motifs is 1. The summed E-state index contributed by atoms with van der Waals surface area (Å²) >= 11 is 0. The van der Waals surface area contributed by atoms with Crippen molar-refractivity contribution in [1.29, 1.82) is 0 Å². The summed E-state index contributed by atoms with van der Waals surface area (Å²) in [6.07, 6.45) is 0.0440. The largest absolute Gasteiger partial charge is 0.474 e. The molecule has 0 unspecified atom stereocenters. The third-order valence-corrected chi connectivity index (χ3v) is 4.47. The number of nitrogens with zero attached hydrogens (tertiary/aromatic N) is 3. The van der Waals surface area contributed by atoms with Gasteiger partial charge in [-0.3, -0.25) is 5.10 Å². The number of ether oxygens (including phenoxy) is 2. The average molecular weight is 367 g/mol. The highest BCUT2D eigenvalue weighted by molar-refractivity contribution is 5.92. The highest BCUT2D eigenvalue weighted by Crippen LogP contribution is 2.32. The van der Waals surface area contributed by atoms with Gasteiger partial charge in [0.1, 0.15) is 5.82 Å². The molecule has 3 aromatic rings. The minimum absolute atomic E-state index is 0.0440. The zero-order chi connectivity index (χ0) is 18.8. The molecule has 0 atom stereocenters. The predicted molar refractivity (Wildman–Crippen MR) is 107 cm³/mol. The van der Waals surface area contributed by atoms with Crippen molar-refractivity contribution in [2.45, 2.75) is 26.9 Å². The van der Waals surface area contributed by atoms with Gasteiger partial charge in [-0.1, -0.05) is 0 Å². The van der Waals surface area contributed by atoms with Crippen LogP contribution in [0, 0.1) is 6.92 Å². The third kappa shape index (κ3) is 3.98. The van der Waals surface area contributed by atoms with E-state index in [9.17, 15) is 0 Å². The third-order valence-electron chi connectivity index (χ3n) is 4.47. The average Bonchev–Trinajstić information content (AvgIpc) is 3.06. The second-order valence-corrected chi connectivity index (χ2v) is 7.05. The van der Waals surface area contributed by atoms with E-state index in [1.165, 1.54) is 5.69 Å². The van der Waals surface area contributed by atoms with Crippen LogP contribution in [0.3, 0.4) is 0 Å². The van der Waals surface area contributed by atoms with E-state index in [1.54, 1.807) is 0 Å². The number of H-pyrrole nitrogens is 1. The minimum Gasteiger partial charge on any atom is -0.474 e. The molecule has 0 saturated carbocycles. The Morgan fingerprint density at radius 1 is 1.15 bits per heavy atom. The molecule has 0 spiro atoms. The predicted octanol–water partition coefficient (Wildman–Crippen LogP) is 3.63. The standard InChI is InChI=1S/C20H25N5O2/c1-13(2)27-20-17-5-4-16(25-6-8-26-9-7-25)11-15(17)12-18(22-20)21-19-10-14(3)23-24-19/h4-5,10-13H,6-9H2,1-3H3,(H2,21,22,23,24). The Balaban J connectivity index is 1.73. The Morgan fingerprint density at radius 2 is 1.96 bits per heavy atom. The number of aromatic amines is 1. The lowest BCUT2D eigenvalue weighted by molar-refractivity contribution is 0.122. The molecule has 2 aromatic heterocycles. The van der Waals surface area contributed by atoms with Crippen molar-refractivity contribution in [1.82, 2.24) is 15.2 Å². The molecule has 3 heterocycles. The molecule has 142 valence electrons. The monoisotopic (exact) mass is 367 g/mol. The number of pyridine rings is 1. The summed E-state index contributed by atoms with van der Waals surface area (Å²) in [5, 5.41) is 12.5. The second kappa shape index (κ2) is 7.44. The number of aromatic nitrogens is 3. The molecule has 0 bridgehead atoms. The SMILES string of the molecule is Cc1cc(Nc2cc3cc(N4CCOCC4)ccc3c(OC(C)C)n2)n[nH]1. The van der Waals surface area contributed by atoms with Gasteiger partial charge in [-0.15, -0.1) is 0 Å². The Kier molecular flexibility index (Phi) is 4.85. The van der Waals surface area contributed by atoms with Crippen LogP contribution in [0.4, 0.5) is 17.3 Å². The topological polar surface area (TPSA) is 75.3 Å². The van der Waals surface area contributed by atoms with Gasteiger partial charge in [0, 0.05) is 35.9 Å². The molecule has 1 aliphatic heterocycles. The number of anilines is 3. The van der Waals surface area contributed by atoms with E-state index in [-0.39, 0.29) is 6.10 Å². The smallest absolute Gasteiger partial charge is 0.223 e. The van der Waals surface area contributed by atoms with Gasteiger partial charge in [-0.2, -0.15) is 10.1 Å². The molecule has 0 amide bonds. The highest BCUT2D eigenvalue weighted by Gasteiger charge is 2.15. The molecule has 0 aliphatic carbocycles. The fraction of sp³-hybridized carbons (Fsp3) is 0.400. The summed E-state index contributed by atoms with van der Waals surface area (Å²) in [6, 6.07) is 10.4. The molecule has 7 nitrogen and oxygen atoms in total. The molecule has 1 aliphatic rings. The maximum Gasteiger partial charge on any atom is 0.223 e. The van der Waals surface area contributed by atoms with E-state index < -0.39 is 0 Å². The zero-order valence-electron chi connectivity index (χ0n) is 16.0. The second-order valence-electron chi connectivity index (χ2n) is 7.05. The van der Waals surface area contributed by atoms with Gasteiger partial charge in [0.05, 0.1) is 19.3 Å². The zero-order valence-corrected chi connectivity index (χ0v) is 16.0. The van der Waals surface area contributed by atoms with E-state index in [0.29, 0.717) is 11.7 Å². The highest BCUT2D eigenvalue weighted by atomic mass is 16.5. The van der Waals surface area contributed by atoms with Crippen molar-refractivity contribution in [2.24, 2.45) is 0 Å². The van der Waals surface area contributed by atoms with Crippen molar-refractivity contribution in [3.8, 4) is 5.88 Å². The molecule has 4 rings (SSSR count). The molecule has 1 fully saturated rings. The van der Waals surface area contributed by atoms with E-state index in [0.717, 1.165) is 48.6 Å². The van der Waals surface area contributed by atoms with Crippen LogP contribution in [-0.2, 0) is 4.74 Å². The molecule has 7 heteroatoms. The minimum atomic E-state index is 0.0440. The van der Waals surface area contributed by atoms with Crippen LogP contribution in [0.5, 0.6) is 5.88 Å². The Morgan fingerprint density at radius 3 is 2.67 bits per heavy atom. The van der Waals surface area contributed by atoms with Crippen LogP contribution in [-0.4, -0.2) is 47.6 Å². The van der Waals surface area contributed by atoms with Gasteiger partial charge < -0.3 is 19.7 Å². The molecule has 27 heavy (non-hydrogen) atoms. The van der Waals surface area contributed by atoms with Crippen molar-refractivity contribution in [3.63, 3.8) is 0 Å². The number of morpholine rings is 1. The van der Waals surface area contributed by atoms with Gasteiger partial charge in [0.15, 0.2) is 5.82 Å². The number of rotatable bonds is 5. The van der Waals surface area contributed by atoms with E-state index in [2.05, 4.69) is 43.6 Å². The Bertz CT molecular complexity index is 931. The van der Waals surface area contributed by atoms with Gasteiger partial charge in [-0.25, -0.2) is 0 Å². The number of hydrogen-bond acceptors (Lipinski definition) is 6. The van der Waals surface area contributed by atoms with Gasteiger partial charge in [-0.05, 0) is 50.4 Å². The van der Waals surface area contributed by atoms with Crippen molar-refractivity contribution < 1.29 is 9.47 Å². The lowest BCUT2D eigenvalue weighted by Crippen LogP contribution is -2.36. The molecule has 2 N–H and O–H groups in total. The summed E-state index contributed by atoms with van der Waals surface area (Å²) in [6.45, 7) is 9.32. The summed E-state index contributed by atoms with van der Waals surface area (Å²) < 4.78 is 11.5. The van der Waals surface area contributed by atoms with Crippen molar-refractivity contribution in [2.75, 3.05) is 36.5 Å². The first-order valence-corrected chi connectivity index (χ1v) is 9.32. The van der Waals surface area contributed by atoms with Crippen LogP contribution in [0.25, 0.3) is 10.8 Å². The first-order chi connectivity index (χ1) is 13.1. The number of benzene rings is 1. The summed E-state index contributed by atoms with van der Waals surface area (Å²) in [4.78, 5) is 7.01. The lowest BCUT2D eigenvalue weighted by Gasteiger charge is -2.29. The quantitative estimate of drug-likeness (QED) is 0.717. The van der Waals surface area contributed by atoms with Crippen LogP contribution < -0.4 is 15.0 Å². The normalized spacial score (nSPS) is 14.7. The lowest BCUT2D eigenvalue weighted by atomic mass is 10.1. The molecular formula is C20H25N5O2. The Labute approximate surface area is 158 Å². The maximum atomic E-state index is 5.98. The number of hydrogen-bond donors (Lipinski definition) is 2. The van der Waals surface area contributed by atoms with E-state index >= 15 is 0 Å². The summed E-state index contributed by atoms with van der Waals surface area (Å²) in [5.74, 6) is 2.08. The molecule has 0 radical (unpaired) electrons. The fourth-order valence-electron chi connectivity index (χ4n) is 3.22. The van der Waals surface area contributed by atoms with Crippen LogP contribution in [0.2, 0.25) is 0 Å². The Hall–Kier alpha value is -2.80. The first-order valence-electron chi connectivity index (χ1n) is 9.32. The molecule has 1 aromatic carbocycles. The van der Waals surface area contributed by atoms with Gasteiger partial charge >= 0.3 is 0 Å². The maximum absolute atomic E-state index is 5.98. The first kappa shape index (κ1) is 17.6. The van der Waals surface area contributed by atoms with Gasteiger partial charge in [0.2, 0.25) is 5.88 Å². The van der Waals surface area contributed by atoms with Crippen LogP contribution >= 0.6 is 0 Å². The van der Waals surface area contributed by atoms with Crippen LogP contribution in [0.15, 0.2) is 30.3 Å². The van der Waals surface area contributed by atoms with Crippen LogP contribution in [0.1, 0.15) is 19.5 Å². The number of nitrogens with one attached hydrogen (secondary N) is 2. The van der Waals surface area contributed by atoms with Crippen molar-refractivity contribution >= 4 is 28.1 Å². The fourth-order valence-corrected chi connectivity index (χ4v) is 3.22. The molecular weight excluding hydrogens is 342 g/mol. The van der Waals surface area contributed by atoms with Gasteiger partial charge in [0.25, 0.3) is 0 Å². The summed E-state index contributed by atoms with van der Waals surface area (Å²) in [5.41, 5.74) is 2.18. The number of aryl methyl sites for hydroxylation is 1.